The molecule has 0 aromatic heterocycles. The van der Waals surface area contributed by atoms with Crippen molar-refractivity contribution in [2.24, 2.45) is 11.8 Å². The summed E-state index contributed by atoms with van der Waals surface area (Å²) in [6, 6.07) is 0. The van der Waals surface area contributed by atoms with Crippen molar-refractivity contribution in [1.29, 1.82) is 0 Å². The Hall–Kier alpha value is -0.620. The maximum Gasteiger partial charge on any atom is 0.334 e. The zero-order valence-corrected chi connectivity index (χ0v) is 12.8. The first kappa shape index (κ1) is 14.0. The second-order valence-corrected chi connectivity index (χ2v) is 8.03. The number of ether oxygens (including phenoxy) is 2. The maximum absolute atomic E-state index is 11.9. The monoisotopic (exact) mass is 314 g/mol. The Morgan fingerprint density at radius 1 is 1.43 bits per heavy atom. The number of carbonyl (C=O) groups excluding carboxylic acids is 1. The number of epoxide rings is 1. The highest BCUT2D eigenvalue weighted by Gasteiger charge is 2.85. The summed E-state index contributed by atoms with van der Waals surface area (Å²) in [6.45, 7) is 7.27. The summed E-state index contributed by atoms with van der Waals surface area (Å²) in [5.41, 5.74) is -1.63. The van der Waals surface area contributed by atoms with Gasteiger partial charge in [-0.1, -0.05) is 6.58 Å². The largest absolute Gasteiger partial charge is 0.458 e. The van der Waals surface area contributed by atoms with Crippen LogP contribution in [0.3, 0.4) is 0 Å². The van der Waals surface area contributed by atoms with Crippen LogP contribution in [0.4, 0.5) is 0 Å². The molecule has 2 unspecified atom stereocenters. The zero-order chi connectivity index (χ0) is 15.4. The normalized spacial score (nSPS) is 61.7. The SMILES string of the molecule is C=C1C(=O)OC2C3[C@](C)(Cl)[C@@H](O)[C@H]4O[C@@]34[C@@](C)(O)CC[C@@H]12. The highest BCUT2D eigenvalue weighted by atomic mass is 35.5. The van der Waals surface area contributed by atoms with Gasteiger partial charge in [0.25, 0.3) is 0 Å². The number of esters is 1. The first-order chi connectivity index (χ1) is 9.64. The smallest absolute Gasteiger partial charge is 0.334 e. The molecule has 2 aliphatic carbocycles. The van der Waals surface area contributed by atoms with E-state index < -0.39 is 46.3 Å². The van der Waals surface area contributed by atoms with Crippen molar-refractivity contribution in [1.82, 2.24) is 0 Å². The number of rotatable bonds is 0. The average molecular weight is 315 g/mol. The summed E-state index contributed by atoms with van der Waals surface area (Å²) in [4.78, 5) is 10.9. The molecule has 1 spiro atoms. The predicted octanol–water partition coefficient (Wildman–Crippen LogP) is 0.755. The molecule has 116 valence electrons. The van der Waals surface area contributed by atoms with Crippen LogP contribution < -0.4 is 0 Å². The molecule has 0 bridgehead atoms. The van der Waals surface area contributed by atoms with Crippen LogP contribution in [0.2, 0.25) is 0 Å². The van der Waals surface area contributed by atoms with E-state index in [0.29, 0.717) is 18.4 Å². The Bertz CT molecular complexity index is 556. The first-order valence-corrected chi connectivity index (χ1v) is 7.69. The minimum atomic E-state index is -1.12. The van der Waals surface area contributed by atoms with Crippen molar-refractivity contribution in [2.75, 3.05) is 0 Å². The van der Waals surface area contributed by atoms with Gasteiger partial charge in [-0.25, -0.2) is 4.79 Å². The third-order valence-corrected chi connectivity index (χ3v) is 6.54. The summed E-state index contributed by atoms with van der Waals surface area (Å²) in [5, 5.41) is 21.4. The number of hydrogen-bond acceptors (Lipinski definition) is 5. The van der Waals surface area contributed by atoms with E-state index in [1.807, 2.05) is 0 Å². The van der Waals surface area contributed by atoms with Crippen LogP contribution >= 0.6 is 11.6 Å². The van der Waals surface area contributed by atoms with E-state index in [0.717, 1.165) is 0 Å². The van der Waals surface area contributed by atoms with Crippen LogP contribution in [0.25, 0.3) is 0 Å². The molecule has 0 amide bonds. The van der Waals surface area contributed by atoms with Crippen LogP contribution in [0, 0.1) is 11.8 Å². The van der Waals surface area contributed by atoms with Gasteiger partial charge in [-0.2, -0.15) is 0 Å². The highest BCUT2D eigenvalue weighted by molar-refractivity contribution is 6.25. The standard InChI is InChI=1S/C15H19ClO5/c1-6-7-4-5-13(2,19)15-9(8(7)20-12(6)18)14(3,16)10(17)11(15)21-15/h7-11,17,19H,1,4-5H2,2-3H3/t7-,8?,9?,10-,11+,13-,14-,15-/m0/s1. The molecule has 4 fully saturated rings. The molecular formula is C15H19ClO5. The molecule has 8 atom stereocenters. The fourth-order valence-corrected chi connectivity index (χ4v) is 5.26. The molecule has 2 saturated carbocycles. The fourth-order valence-electron chi connectivity index (χ4n) is 4.86. The quantitative estimate of drug-likeness (QED) is 0.299. The average Bonchev–Trinajstić information content (AvgIpc) is 3.03. The molecule has 4 aliphatic rings. The number of fused-ring (bicyclic) bond motifs is 2. The van der Waals surface area contributed by atoms with Gasteiger partial charge in [0.15, 0.2) is 0 Å². The molecule has 21 heavy (non-hydrogen) atoms. The summed E-state index contributed by atoms with van der Waals surface area (Å²) >= 11 is 6.61. The van der Waals surface area contributed by atoms with Crippen LogP contribution in [-0.4, -0.2) is 50.6 Å². The second kappa shape index (κ2) is 3.65. The third-order valence-electron chi connectivity index (χ3n) is 6.08. The van der Waals surface area contributed by atoms with E-state index in [4.69, 9.17) is 21.1 Å². The van der Waals surface area contributed by atoms with Crippen molar-refractivity contribution in [2.45, 2.75) is 61.1 Å². The lowest BCUT2D eigenvalue weighted by atomic mass is 9.74. The van der Waals surface area contributed by atoms with Crippen molar-refractivity contribution in [3.8, 4) is 0 Å². The van der Waals surface area contributed by atoms with Gasteiger partial charge >= 0.3 is 5.97 Å². The van der Waals surface area contributed by atoms with Crippen molar-refractivity contribution >= 4 is 17.6 Å². The number of halogens is 1. The topological polar surface area (TPSA) is 79.3 Å². The number of aliphatic hydroxyl groups is 2. The summed E-state index contributed by atoms with van der Waals surface area (Å²) in [7, 11) is 0. The molecule has 0 aromatic carbocycles. The van der Waals surface area contributed by atoms with E-state index in [2.05, 4.69) is 6.58 Å². The lowest BCUT2D eigenvalue weighted by molar-refractivity contribution is -0.147. The molecule has 0 aromatic rings. The van der Waals surface area contributed by atoms with Gasteiger partial charge in [-0.15, -0.1) is 11.6 Å². The highest BCUT2D eigenvalue weighted by Crippen LogP contribution is 2.69. The van der Waals surface area contributed by atoms with E-state index in [-0.39, 0.29) is 5.92 Å². The molecule has 6 heteroatoms. The number of hydrogen-bond donors (Lipinski definition) is 2. The molecular weight excluding hydrogens is 296 g/mol. The van der Waals surface area contributed by atoms with E-state index in [9.17, 15) is 15.0 Å². The van der Waals surface area contributed by atoms with E-state index >= 15 is 0 Å². The van der Waals surface area contributed by atoms with Crippen molar-refractivity contribution < 1.29 is 24.5 Å². The van der Waals surface area contributed by atoms with E-state index in [1.165, 1.54) is 0 Å². The Morgan fingerprint density at radius 2 is 2.10 bits per heavy atom. The minimum absolute atomic E-state index is 0.179. The molecule has 2 aliphatic heterocycles. The first-order valence-electron chi connectivity index (χ1n) is 7.31. The van der Waals surface area contributed by atoms with Crippen molar-refractivity contribution in [3.05, 3.63) is 12.2 Å². The summed E-state index contributed by atoms with van der Waals surface area (Å²) < 4.78 is 11.3. The molecule has 2 saturated heterocycles. The molecule has 2 heterocycles. The second-order valence-electron chi connectivity index (χ2n) is 7.22. The molecule has 4 rings (SSSR count). The van der Waals surface area contributed by atoms with Crippen LogP contribution in [0.15, 0.2) is 12.2 Å². The van der Waals surface area contributed by atoms with Crippen LogP contribution in [0.5, 0.6) is 0 Å². The Labute approximate surface area is 127 Å². The third kappa shape index (κ3) is 1.37. The zero-order valence-electron chi connectivity index (χ0n) is 12.0. The number of alkyl halides is 1. The Morgan fingerprint density at radius 3 is 2.76 bits per heavy atom. The number of aliphatic hydroxyl groups excluding tert-OH is 1. The molecule has 5 nitrogen and oxygen atoms in total. The van der Waals surface area contributed by atoms with Gasteiger partial charge in [0.2, 0.25) is 0 Å². The van der Waals surface area contributed by atoms with Gasteiger partial charge < -0.3 is 19.7 Å². The Balaban J connectivity index is 1.87. The molecule has 2 N–H and O–H groups in total. The van der Waals surface area contributed by atoms with Crippen LogP contribution in [-0.2, 0) is 14.3 Å². The van der Waals surface area contributed by atoms with Crippen LogP contribution in [0.1, 0.15) is 26.7 Å². The number of carbonyl (C=O) groups is 1. The predicted molar refractivity (Wildman–Crippen MR) is 73.7 cm³/mol. The lowest BCUT2D eigenvalue weighted by Gasteiger charge is -2.40. The van der Waals surface area contributed by atoms with Gasteiger partial charge in [0.1, 0.15) is 23.9 Å². The summed E-state index contributed by atoms with van der Waals surface area (Å²) in [5.74, 6) is -1.05. The van der Waals surface area contributed by atoms with Gasteiger partial charge in [-0.3, -0.25) is 0 Å². The van der Waals surface area contributed by atoms with Crippen molar-refractivity contribution in [3.63, 3.8) is 0 Å². The Kier molecular flexibility index (Phi) is 2.43. The molecule has 0 radical (unpaired) electrons. The summed E-state index contributed by atoms with van der Waals surface area (Å²) in [6.07, 6.45) is -0.854. The fraction of sp³-hybridized carbons (Fsp3) is 0.800. The van der Waals surface area contributed by atoms with Gasteiger partial charge in [0.05, 0.1) is 16.4 Å². The minimum Gasteiger partial charge on any atom is -0.458 e. The maximum atomic E-state index is 11.9. The van der Waals surface area contributed by atoms with Gasteiger partial charge in [-0.05, 0) is 26.7 Å². The van der Waals surface area contributed by atoms with E-state index in [1.54, 1.807) is 13.8 Å². The lowest BCUT2D eigenvalue weighted by Crippen LogP contribution is -2.54. The van der Waals surface area contributed by atoms with Gasteiger partial charge in [0, 0.05) is 11.5 Å².